The molecule has 7 heteroatoms. The number of hydrogen-bond donors (Lipinski definition) is 0. The van der Waals surface area contributed by atoms with Crippen LogP contribution in [0.3, 0.4) is 0 Å². The lowest BCUT2D eigenvalue weighted by atomic mass is 9.75. The molecule has 0 amide bonds. The van der Waals surface area contributed by atoms with Crippen LogP contribution in [0.4, 0.5) is 26.5 Å². The summed E-state index contributed by atoms with van der Waals surface area (Å²) in [4.78, 5) is 5.54. The number of alkyl halides is 1. The van der Waals surface area contributed by atoms with Gasteiger partial charge in [0.25, 0.3) is 0 Å². The van der Waals surface area contributed by atoms with Crippen molar-refractivity contribution in [2.45, 2.75) is 74.1 Å². The van der Waals surface area contributed by atoms with E-state index in [1.54, 1.807) is 53.8 Å². The van der Waals surface area contributed by atoms with Crippen LogP contribution in [0.25, 0.3) is 6.08 Å². The van der Waals surface area contributed by atoms with Crippen molar-refractivity contribution in [2.24, 2.45) is 5.41 Å². The van der Waals surface area contributed by atoms with Gasteiger partial charge in [0.05, 0.1) is 17.2 Å². The third-order valence-corrected chi connectivity index (χ3v) is 10.4. The first-order valence-corrected chi connectivity index (χ1v) is 20.4. The van der Waals surface area contributed by atoms with E-state index in [0.29, 0.717) is 0 Å². The summed E-state index contributed by atoms with van der Waals surface area (Å²) in [6.07, 6.45) is 13.7. The van der Waals surface area contributed by atoms with Gasteiger partial charge in [-0.3, -0.25) is 0 Å². The molecule has 2 heterocycles. The quantitative estimate of drug-likeness (QED) is 0.158. The van der Waals surface area contributed by atoms with E-state index in [1.165, 1.54) is 18.1 Å². The van der Waals surface area contributed by atoms with Gasteiger partial charge in [0, 0.05) is 41.6 Å². The first-order valence-electron chi connectivity index (χ1n) is 19.6. The van der Waals surface area contributed by atoms with Gasteiger partial charge in [-0.1, -0.05) is 120 Å². The van der Waals surface area contributed by atoms with Crippen LogP contribution in [0.15, 0.2) is 155 Å². The fourth-order valence-electron chi connectivity index (χ4n) is 6.74. The number of nitrogens with zero attached hydrogens (tertiary/aromatic N) is 4. The van der Waals surface area contributed by atoms with E-state index in [1.807, 2.05) is 53.9 Å². The number of ether oxygens (including phenoxy) is 1. The van der Waals surface area contributed by atoms with E-state index in [4.69, 9.17) is 4.74 Å². The molecule has 0 bridgehead atoms. The van der Waals surface area contributed by atoms with Crippen LogP contribution in [0, 0.1) is 35.0 Å². The first-order chi connectivity index (χ1) is 27.4. The smallest absolute Gasteiger partial charge is 0.302 e. The summed E-state index contributed by atoms with van der Waals surface area (Å²) in [7, 11) is 4.10. The minimum atomic E-state index is -2.39. The van der Waals surface area contributed by atoms with E-state index >= 15 is 4.39 Å². The molecular weight excluding hydrogens is 724 g/mol. The fraction of sp³-hybridized carbons (Fsp3) is 0.280. The summed E-state index contributed by atoms with van der Waals surface area (Å²) >= 11 is 1.74. The largest absolute Gasteiger partial charge is 0.447 e. The Hall–Kier alpha value is -5.89. The zero-order chi connectivity index (χ0) is 41.8. The highest BCUT2D eigenvalue weighted by Crippen LogP contribution is 2.48. The van der Waals surface area contributed by atoms with Gasteiger partial charge in [-0.2, -0.15) is 14.9 Å². The normalized spacial score (nSPS) is 18.8. The lowest BCUT2D eigenvalue weighted by Gasteiger charge is -2.30. The molecule has 0 saturated heterocycles. The SMILES string of the molecule is C/C(C#N)=C1\OC(F)(c2ccccc2)C(/C=C/C=C2C=C(/C=C/c3ccc(N(c4ccc(C)cc4)c4ccc(N(C)C)cc4)s3)CC(C)(C)C/2)=C1C#N.CC.CC. The number of rotatable bonds is 9. The Kier molecular flexibility index (Phi) is 15.2. The third-order valence-electron chi connectivity index (χ3n) is 9.37. The van der Waals surface area contributed by atoms with Crippen molar-refractivity contribution >= 4 is 39.5 Å². The molecule has 1 aromatic heterocycles. The molecule has 1 atom stereocenters. The van der Waals surface area contributed by atoms with Crippen molar-refractivity contribution in [3.63, 3.8) is 0 Å². The molecule has 1 unspecified atom stereocenters. The summed E-state index contributed by atoms with van der Waals surface area (Å²) in [6, 6.07) is 34.1. The van der Waals surface area contributed by atoms with Crippen molar-refractivity contribution in [1.29, 1.82) is 10.5 Å². The summed E-state index contributed by atoms with van der Waals surface area (Å²) in [5, 5.41) is 20.7. The number of hydrogen-bond acceptors (Lipinski definition) is 6. The maximum absolute atomic E-state index is 16.7. The molecule has 5 nitrogen and oxygen atoms in total. The predicted molar refractivity (Wildman–Crippen MR) is 239 cm³/mol. The zero-order valence-electron chi connectivity index (χ0n) is 35.0. The van der Waals surface area contributed by atoms with Crippen LogP contribution in [0.1, 0.15) is 77.3 Å². The third kappa shape index (κ3) is 10.5. The number of allylic oxidation sites excluding steroid dienone is 8. The number of nitriles is 2. The van der Waals surface area contributed by atoms with Gasteiger partial charge in [0.1, 0.15) is 16.6 Å². The van der Waals surface area contributed by atoms with Crippen LogP contribution in [-0.4, -0.2) is 14.1 Å². The molecule has 3 aromatic carbocycles. The molecule has 1 aliphatic heterocycles. The van der Waals surface area contributed by atoms with Crippen LogP contribution in [-0.2, 0) is 10.6 Å². The second kappa shape index (κ2) is 19.8. The van der Waals surface area contributed by atoms with Gasteiger partial charge >= 0.3 is 5.85 Å². The van der Waals surface area contributed by atoms with Gasteiger partial charge in [-0.25, -0.2) is 0 Å². The van der Waals surface area contributed by atoms with Crippen molar-refractivity contribution in [3.05, 3.63) is 171 Å². The van der Waals surface area contributed by atoms with Crippen LogP contribution in [0.2, 0.25) is 0 Å². The molecule has 294 valence electrons. The molecule has 1 aliphatic carbocycles. The Morgan fingerprint density at radius 1 is 0.807 bits per heavy atom. The van der Waals surface area contributed by atoms with E-state index in [9.17, 15) is 10.5 Å². The second-order valence-corrected chi connectivity index (χ2v) is 15.6. The van der Waals surface area contributed by atoms with E-state index < -0.39 is 5.85 Å². The number of halogens is 1. The maximum atomic E-state index is 16.7. The predicted octanol–water partition coefficient (Wildman–Crippen LogP) is 14.4. The highest BCUT2D eigenvalue weighted by Gasteiger charge is 2.47. The van der Waals surface area contributed by atoms with Gasteiger partial charge < -0.3 is 14.5 Å². The lowest BCUT2D eigenvalue weighted by molar-refractivity contribution is -0.0655. The molecule has 0 N–H and O–H groups in total. The molecule has 4 aromatic rings. The van der Waals surface area contributed by atoms with Crippen molar-refractivity contribution in [2.75, 3.05) is 23.9 Å². The highest BCUT2D eigenvalue weighted by atomic mass is 32.1. The van der Waals surface area contributed by atoms with Crippen molar-refractivity contribution in [1.82, 2.24) is 0 Å². The standard InChI is InChI=1S/C46H43FN4OS.2C2H6/c1-32-15-18-38(19-16-32)51(39-22-20-37(21-23-39)50(5)6)43-26-25-40(53-43)24-17-35-27-34(28-45(3,4)29-35)11-10-14-42-41(31-49)44(33(2)30-48)52-46(42,47)36-12-8-7-9-13-36;2*1-2/h7-27H,28-29H2,1-6H3;2*1-2H3/b14-10+,24-17+,34-11-,44-33+;;. The second-order valence-electron chi connectivity index (χ2n) is 14.5. The Bertz CT molecular complexity index is 2260. The first kappa shape index (κ1) is 43.8. The monoisotopic (exact) mass is 778 g/mol. The molecule has 57 heavy (non-hydrogen) atoms. The molecular formula is C50H55FN4OS. The van der Waals surface area contributed by atoms with Gasteiger partial charge in [-0.05, 0) is 97.9 Å². The molecule has 0 saturated carbocycles. The minimum Gasteiger partial charge on any atom is -0.447 e. The van der Waals surface area contributed by atoms with Gasteiger partial charge in [0.2, 0.25) is 0 Å². The van der Waals surface area contributed by atoms with Crippen molar-refractivity contribution < 1.29 is 9.13 Å². The topological polar surface area (TPSA) is 63.3 Å². The zero-order valence-corrected chi connectivity index (χ0v) is 35.8. The van der Waals surface area contributed by atoms with Gasteiger partial charge in [-0.15, -0.1) is 11.3 Å². The van der Waals surface area contributed by atoms with Gasteiger partial charge in [0.15, 0.2) is 5.76 Å². The Morgan fingerprint density at radius 2 is 1.42 bits per heavy atom. The summed E-state index contributed by atoms with van der Waals surface area (Å²) in [5.74, 6) is -2.42. The lowest BCUT2D eigenvalue weighted by Crippen LogP contribution is -2.21. The molecule has 2 aliphatic rings. The molecule has 0 fully saturated rings. The Labute approximate surface area is 344 Å². The maximum Gasteiger partial charge on any atom is 0.302 e. The summed E-state index contributed by atoms with van der Waals surface area (Å²) in [5.41, 5.74) is 7.38. The number of anilines is 4. The summed E-state index contributed by atoms with van der Waals surface area (Å²) in [6.45, 7) is 16.1. The number of aryl methyl sites for hydroxylation is 1. The molecule has 0 radical (unpaired) electrons. The molecule has 0 spiro atoms. The van der Waals surface area contributed by atoms with E-state index in [-0.39, 0.29) is 33.5 Å². The van der Waals surface area contributed by atoms with Crippen molar-refractivity contribution in [3.8, 4) is 12.1 Å². The number of thiophene rings is 1. The average molecular weight is 779 g/mol. The average Bonchev–Trinajstić information content (AvgIpc) is 3.81. The minimum absolute atomic E-state index is 0.0108. The molecule has 6 rings (SSSR count). The van der Waals surface area contributed by atoms with E-state index in [0.717, 1.165) is 45.4 Å². The highest BCUT2D eigenvalue weighted by molar-refractivity contribution is 7.17. The van der Waals surface area contributed by atoms with E-state index in [2.05, 4.69) is 116 Å². The Balaban J connectivity index is 0.00000174. The summed E-state index contributed by atoms with van der Waals surface area (Å²) < 4.78 is 22.5. The van der Waals surface area contributed by atoms with Crippen LogP contribution in [0.5, 0.6) is 0 Å². The Morgan fingerprint density at radius 3 is 2.02 bits per heavy atom. The fourth-order valence-corrected chi connectivity index (χ4v) is 7.69. The van der Waals surface area contributed by atoms with Crippen LogP contribution < -0.4 is 9.80 Å². The van der Waals surface area contributed by atoms with Crippen LogP contribution >= 0.6 is 11.3 Å². The number of benzene rings is 3.